The maximum absolute atomic E-state index is 11.7. The first-order valence-corrected chi connectivity index (χ1v) is 4.93. The molecule has 0 N–H and O–H groups in total. The molecule has 1 nitrogen and oxygen atoms in total. The van der Waals surface area contributed by atoms with Crippen molar-refractivity contribution in [1.82, 2.24) is 0 Å². The minimum atomic E-state index is 0.00694. The summed E-state index contributed by atoms with van der Waals surface area (Å²) in [5, 5.41) is 0. The molecule has 1 fully saturated rings. The van der Waals surface area contributed by atoms with Gasteiger partial charge in [0, 0.05) is 11.8 Å². The molecule has 2 atom stereocenters. The number of hydrogen-bond donors (Lipinski definition) is 0. The minimum Gasteiger partial charge on any atom is -0.299 e. The molecule has 0 aromatic carbocycles. The molecule has 0 aliphatic heterocycles. The quantitative estimate of drug-likeness (QED) is 0.503. The molecule has 0 saturated heterocycles. The summed E-state index contributed by atoms with van der Waals surface area (Å²) in [5.74, 6) is 1.05. The van der Waals surface area contributed by atoms with Crippen LogP contribution in [0.2, 0.25) is 0 Å². The van der Waals surface area contributed by atoms with Crippen LogP contribution >= 0.6 is 0 Å². The average molecular weight is 164 g/mol. The zero-order valence-electron chi connectivity index (χ0n) is 7.68. The van der Waals surface area contributed by atoms with Crippen LogP contribution in [0.1, 0.15) is 39.0 Å². The molecule has 1 saturated carbocycles. The molecule has 2 rings (SSSR count). The molecule has 12 heavy (non-hydrogen) atoms. The Hall–Kier alpha value is -0.590. The number of rotatable bonds is 0. The van der Waals surface area contributed by atoms with Crippen molar-refractivity contribution in [2.75, 3.05) is 0 Å². The smallest absolute Gasteiger partial charge is 0.139 e. The van der Waals surface area contributed by atoms with Crippen LogP contribution in [0.4, 0.5) is 0 Å². The van der Waals surface area contributed by atoms with E-state index in [0.717, 1.165) is 25.7 Å². The lowest BCUT2D eigenvalue weighted by molar-refractivity contribution is -0.133. The molecule has 1 heteroatoms. The van der Waals surface area contributed by atoms with Crippen molar-refractivity contribution in [3.8, 4) is 0 Å². The minimum absolute atomic E-state index is 0.00694. The van der Waals surface area contributed by atoms with E-state index in [2.05, 4.69) is 19.1 Å². The van der Waals surface area contributed by atoms with Gasteiger partial charge in [-0.3, -0.25) is 4.79 Å². The van der Waals surface area contributed by atoms with E-state index in [1.165, 1.54) is 6.42 Å². The fourth-order valence-corrected chi connectivity index (χ4v) is 2.57. The van der Waals surface area contributed by atoms with Crippen molar-refractivity contribution in [2.24, 2.45) is 11.3 Å². The standard InChI is InChI=1S/C11H16O/c1-11-8-3-2-5-9(11)6-4-7-10(11)12/h2,5,9H,3-4,6-8H2,1H3/t9-,11-/m1/s1. The summed E-state index contributed by atoms with van der Waals surface area (Å²) >= 11 is 0. The summed E-state index contributed by atoms with van der Waals surface area (Å²) in [6.07, 6.45) is 9.82. The summed E-state index contributed by atoms with van der Waals surface area (Å²) in [7, 11) is 0. The van der Waals surface area contributed by atoms with Crippen LogP contribution in [0.15, 0.2) is 12.2 Å². The molecule has 0 aromatic heterocycles. The van der Waals surface area contributed by atoms with Gasteiger partial charge in [0.05, 0.1) is 0 Å². The van der Waals surface area contributed by atoms with E-state index < -0.39 is 0 Å². The van der Waals surface area contributed by atoms with E-state index in [4.69, 9.17) is 0 Å². The number of carbonyl (C=O) groups is 1. The van der Waals surface area contributed by atoms with Gasteiger partial charge in [0.15, 0.2) is 0 Å². The van der Waals surface area contributed by atoms with Crippen LogP contribution < -0.4 is 0 Å². The maximum Gasteiger partial charge on any atom is 0.139 e. The first-order chi connectivity index (χ1) is 5.73. The van der Waals surface area contributed by atoms with E-state index in [1.807, 2.05) is 0 Å². The van der Waals surface area contributed by atoms with Gasteiger partial charge in [0.2, 0.25) is 0 Å². The molecule has 0 unspecified atom stereocenters. The second kappa shape index (κ2) is 2.72. The fourth-order valence-electron chi connectivity index (χ4n) is 2.57. The Balaban J connectivity index is 2.29. The molecule has 0 aromatic rings. The van der Waals surface area contributed by atoms with Gasteiger partial charge in [0.1, 0.15) is 5.78 Å². The lowest BCUT2D eigenvalue weighted by atomic mass is 9.62. The summed E-state index contributed by atoms with van der Waals surface area (Å²) in [6, 6.07) is 0. The van der Waals surface area contributed by atoms with Crippen LogP contribution in [0.25, 0.3) is 0 Å². The Morgan fingerprint density at radius 2 is 2.42 bits per heavy atom. The van der Waals surface area contributed by atoms with E-state index in [1.54, 1.807) is 0 Å². The van der Waals surface area contributed by atoms with Crippen molar-refractivity contribution < 1.29 is 4.79 Å². The Bertz CT molecular complexity index is 229. The van der Waals surface area contributed by atoms with Crippen molar-refractivity contribution in [2.45, 2.75) is 39.0 Å². The third-order valence-electron chi connectivity index (χ3n) is 3.57. The molecule has 2 aliphatic carbocycles. The van der Waals surface area contributed by atoms with Gasteiger partial charge in [-0.25, -0.2) is 0 Å². The largest absolute Gasteiger partial charge is 0.299 e. The molecular formula is C11H16O. The SMILES string of the molecule is C[C@@]12CCC=C[C@@H]1CCCC2=O. The second-order valence-electron chi connectivity index (χ2n) is 4.31. The van der Waals surface area contributed by atoms with Crippen LogP contribution in [0, 0.1) is 11.3 Å². The zero-order chi connectivity index (χ0) is 8.60. The highest BCUT2D eigenvalue weighted by Crippen LogP contribution is 2.45. The third-order valence-corrected chi connectivity index (χ3v) is 3.57. The topological polar surface area (TPSA) is 17.1 Å². The summed E-state index contributed by atoms with van der Waals surface area (Å²) in [4.78, 5) is 11.7. The van der Waals surface area contributed by atoms with Gasteiger partial charge in [-0.2, -0.15) is 0 Å². The van der Waals surface area contributed by atoms with Gasteiger partial charge < -0.3 is 0 Å². The summed E-state index contributed by atoms with van der Waals surface area (Å²) < 4.78 is 0. The summed E-state index contributed by atoms with van der Waals surface area (Å²) in [5.41, 5.74) is 0.00694. The van der Waals surface area contributed by atoms with Crippen molar-refractivity contribution in [1.29, 1.82) is 0 Å². The lowest BCUT2D eigenvalue weighted by Gasteiger charge is -2.40. The molecule has 0 heterocycles. The Kier molecular flexibility index (Phi) is 1.82. The number of Topliss-reactive ketones (excluding diaryl/α,β-unsaturated/α-hetero) is 1. The third kappa shape index (κ3) is 1.03. The van der Waals surface area contributed by atoms with Gasteiger partial charge in [-0.1, -0.05) is 19.1 Å². The predicted octanol–water partition coefficient (Wildman–Crippen LogP) is 2.71. The maximum atomic E-state index is 11.7. The zero-order valence-corrected chi connectivity index (χ0v) is 7.68. The van der Waals surface area contributed by atoms with Crippen molar-refractivity contribution in [3.05, 3.63) is 12.2 Å². The van der Waals surface area contributed by atoms with Gasteiger partial charge in [0.25, 0.3) is 0 Å². The molecule has 0 bridgehead atoms. The highest BCUT2D eigenvalue weighted by atomic mass is 16.1. The van der Waals surface area contributed by atoms with E-state index in [0.29, 0.717) is 11.7 Å². The average Bonchev–Trinajstić information content (AvgIpc) is 2.07. The van der Waals surface area contributed by atoms with Crippen LogP contribution in [0.3, 0.4) is 0 Å². The first-order valence-electron chi connectivity index (χ1n) is 4.93. The number of hydrogen-bond acceptors (Lipinski definition) is 1. The molecule has 2 aliphatic rings. The van der Waals surface area contributed by atoms with Gasteiger partial charge in [-0.05, 0) is 31.6 Å². The molecule has 0 spiro atoms. The number of carbonyl (C=O) groups excluding carboxylic acids is 1. The van der Waals surface area contributed by atoms with E-state index in [9.17, 15) is 4.79 Å². The number of fused-ring (bicyclic) bond motifs is 1. The van der Waals surface area contributed by atoms with Crippen LogP contribution in [-0.2, 0) is 4.79 Å². The van der Waals surface area contributed by atoms with E-state index in [-0.39, 0.29) is 5.41 Å². The van der Waals surface area contributed by atoms with Gasteiger partial charge in [-0.15, -0.1) is 0 Å². The molecule has 0 amide bonds. The normalized spacial score (nSPS) is 41.1. The number of ketones is 1. The molecular weight excluding hydrogens is 148 g/mol. The monoisotopic (exact) mass is 164 g/mol. The van der Waals surface area contributed by atoms with E-state index >= 15 is 0 Å². The molecule has 66 valence electrons. The highest BCUT2D eigenvalue weighted by Gasteiger charge is 2.42. The highest BCUT2D eigenvalue weighted by molar-refractivity contribution is 5.86. The van der Waals surface area contributed by atoms with Gasteiger partial charge >= 0.3 is 0 Å². The Morgan fingerprint density at radius 3 is 3.17 bits per heavy atom. The lowest BCUT2D eigenvalue weighted by Crippen LogP contribution is -2.39. The predicted molar refractivity (Wildman–Crippen MR) is 48.8 cm³/mol. The summed E-state index contributed by atoms with van der Waals surface area (Å²) in [6.45, 7) is 2.16. The second-order valence-corrected chi connectivity index (χ2v) is 4.31. The van der Waals surface area contributed by atoms with Crippen molar-refractivity contribution in [3.63, 3.8) is 0 Å². The Morgan fingerprint density at radius 1 is 1.58 bits per heavy atom. The number of allylic oxidation sites excluding steroid dienone is 2. The molecule has 0 radical (unpaired) electrons. The Labute approximate surface area is 73.8 Å². The van der Waals surface area contributed by atoms with Crippen LogP contribution in [-0.4, -0.2) is 5.78 Å². The van der Waals surface area contributed by atoms with Crippen LogP contribution in [0.5, 0.6) is 0 Å². The van der Waals surface area contributed by atoms with Crippen molar-refractivity contribution >= 4 is 5.78 Å². The fraction of sp³-hybridized carbons (Fsp3) is 0.727. The first kappa shape index (κ1) is 8.03.